The molecule has 124 valence electrons. The van der Waals surface area contributed by atoms with Gasteiger partial charge in [0.25, 0.3) is 0 Å². The van der Waals surface area contributed by atoms with Gasteiger partial charge in [0.05, 0.1) is 23.8 Å². The van der Waals surface area contributed by atoms with Gasteiger partial charge in [0.2, 0.25) is 0 Å². The minimum atomic E-state index is -0.160. The number of halogens is 1. The number of fused-ring (bicyclic) bond motifs is 1. The maximum atomic E-state index is 13.1. The molecule has 2 aromatic heterocycles. The van der Waals surface area contributed by atoms with Crippen molar-refractivity contribution in [3.8, 4) is 0 Å². The number of hydrogen-bond donors (Lipinski definition) is 0. The maximum absolute atomic E-state index is 13.1. The predicted octanol–water partition coefficient (Wildman–Crippen LogP) is 3.49. The first-order valence-corrected chi connectivity index (χ1v) is 8.44. The van der Waals surface area contributed by atoms with Crippen LogP contribution in [0.15, 0.2) is 42.7 Å². The first-order valence-electron chi connectivity index (χ1n) is 8.44. The lowest BCUT2D eigenvalue weighted by atomic mass is 9.89. The van der Waals surface area contributed by atoms with Crippen LogP contribution in [0.4, 0.5) is 4.39 Å². The quantitative estimate of drug-likeness (QED) is 0.739. The van der Waals surface area contributed by atoms with E-state index in [4.69, 9.17) is 4.98 Å². The molecule has 3 heterocycles. The van der Waals surface area contributed by atoms with Crippen molar-refractivity contribution in [1.82, 2.24) is 19.4 Å². The number of piperidine rings is 1. The van der Waals surface area contributed by atoms with E-state index in [0.29, 0.717) is 5.92 Å². The Labute approximate surface area is 141 Å². The topological polar surface area (TPSA) is 34.0 Å². The van der Waals surface area contributed by atoms with Gasteiger partial charge in [0, 0.05) is 13.2 Å². The average molecular weight is 324 g/mol. The number of hydrogen-bond acceptors (Lipinski definition) is 3. The first kappa shape index (κ1) is 15.3. The predicted molar refractivity (Wildman–Crippen MR) is 92.2 cm³/mol. The Morgan fingerprint density at radius 3 is 2.58 bits per heavy atom. The molecule has 3 aromatic rings. The molecule has 1 saturated heterocycles. The normalized spacial score (nSPS) is 16.8. The Bertz CT molecular complexity index is 832. The summed E-state index contributed by atoms with van der Waals surface area (Å²) in [5, 5.41) is 0. The molecule has 1 fully saturated rings. The van der Waals surface area contributed by atoms with E-state index in [-0.39, 0.29) is 5.82 Å². The van der Waals surface area contributed by atoms with Gasteiger partial charge in [-0.15, -0.1) is 0 Å². The lowest BCUT2D eigenvalue weighted by Crippen LogP contribution is -2.33. The summed E-state index contributed by atoms with van der Waals surface area (Å²) >= 11 is 0. The fraction of sp³-hybridized carbons (Fsp3) is 0.368. The highest BCUT2D eigenvalue weighted by atomic mass is 19.1. The molecule has 0 amide bonds. The lowest BCUT2D eigenvalue weighted by molar-refractivity contribution is 0.199. The molecule has 0 spiro atoms. The first-order chi connectivity index (χ1) is 11.7. The molecule has 0 bridgehead atoms. The molecule has 5 heteroatoms. The molecular formula is C19H21FN4. The van der Waals surface area contributed by atoms with Gasteiger partial charge in [-0.2, -0.15) is 0 Å². The van der Waals surface area contributed by atoms with Crippen LogP contribution in [-0.4, -0.2) is 32.5 Å². The van der Waals surface area contributed by atoms with Crippen molar-refractivity contribution in [2.24, 2.45) is 7.05 Å². The number of rotatable bonds is 3. The summed E-state index contributed by atoms with van der Waals surface area (Å²) in [6.07, 6.45) is 5.87. The summed E-state index contributed by atoms with van der Waals surface area (Å²) < 4.78 is 15.2. The van der Waals surface area contributed by atoms with Crippen molar-refractivity contribution >= 4 is 11.0 Å². The van der Waals surface area contributed by atoms with E-state index >= 15 is 0 Å². The summed E-state index contributed by atoms with van der Waals surface area (Å²) in [5.74, 6) is 1.46. The van der Waals surface area contributed by atoms with Crippen LogP contribution in [0, 0.1) is 5.82 Å². The van der Waals surface area contributed by atoms with Gasteiger partial charge >= 0.3 is 0 Å². The van der Waals surface area contributed by atoms with Crippen LogP contribution in [0.2, 0.25) is 0 Å². The molecule has 1 aromatic carbocycles. The highest BCUT2D eigenvalue weighted by Gasteiger charge is 2.22. The van der Waals surface area contributed by atoms with Crippen molar-refractivity contribution < 1.29 is 4.39 Å². The van der Waals surface area contributed by atoms with Gasteiger partial charge in [-0.05, 0) is 55.6 Å². The third-order valence-electron chi connectivity index (χ3n) is 5.07. The molecule has 4 nitrogen and oxygen atoms in total. The Balaban J connectivity index is 1.42. The van der Waals surface area contributed by atoms with E-state index in [1.807, 2.05) is 24.4 Å². The van der Waals surface area contributed by atoms with E-state index in [9.17, 15) is 4.39 Å². The standard InChI is InChI=1S/C19H21FN4/c1-23-18-12-21-9-6-17(18)22-19(23)13-24-10-7-15(8-11-24)14-2-4-16(20)5-3-14/h2-6,9,12,15H,7-8,10-11,13H2,1H3. The van der Waals surface area contributed by atoms with Gasteiger partial charge in [0.1, 0.15) is 11.6 Å². The van der Waals surface area contributed by atoms with Crippen molar-refractivity contribution in [3.05, 3.63) is 59.9 Å². The van der Waals surface area contributed by atoms with Crippen LogP contribution in [0.25, 0.3) is 11.0 Å². The molecule has 1 aliphatic heterocycles. The number of nitrogens with zero attached hydrogens (tertiary/aromatic N) is 4. The number of aryl methyl sites for hydroxylation is 1. The molecule has 0 saturated carbocycles. The van der Waals surface area contributed by atoms with Crippen LogP contribution in [0.3, 0.4) is 0 Å². The number of likely N-dealkylation sites (tertiary alicyclic amines) is 1. The molecular weight excluding hydrogens is 303 g/mol. The third kappa shape index (κ3) is 2.91. The number of aromatic nitrogens is 3. The van der Waals surface area contributed by atoms with Crippen LogP contribution in [0.5, 0.6) is 0 Å². The fourth-order valence-electron chi connectivity index (χ4n) is 3.59. The number of benzene rings is 1. The minimum Gasteiger partial charge on any atom is -0.329 e. The average Bonchev–Trinajstić information content (AvgIpc) is 2.93. The van der Waals surface area contributed by atoms with Crippen LogP contribution in [0.1, 0.15) is 30.1 Å². The van der Waals surface area contributed by atoms with Gasteiger partial charge in [-0.1, -0.05) is 12.1 Å². The van der Waals surface area contributed by atoms with E-state index in [1.54, 1.807) is 18.3 Å². The monoisotopic (exact) mass is 324 g/mol. The van der Waals surface area contributed by atoms with Crippen molar-refractivity contribution in [2.45, 2.75) is 25.3 Å². The van der Waals surface area contributed by atoms with E-state index in [2.05, 4.69) is 21.5 Å². The Hall–Kier alpha value is -2.27. The summed E-state index contributed by atoms with van der Waals surface area (Å²) in [5.41, 5.74) is 3.34. The number of imidazole rings is 1. The second-order valence-corrected chi connectivity index (χ2v) is 6.55. The number of pyridine rings is 1. The fourth-order valence-corrected chi connectivity index (χ4v) is 3.59. The SMILES string of the molecule is Cn1c(CN2CCC(c3ccc(F)cc3)CC2)nc2ccncc21. The zero-order valence-corrected chi connectivity index (χ0v) is 13.8. The van der Waals surface area contributed by atoms with Crippen LogP contribution >= 0.6 is 0 Å². The van der Waals surface area contributed by atoms with E-state index in [1.165, 1.54) is 5.56 Å². The summed E-state index contributed by atoms with van der Waals surface area (Å²) in [6.45, 7) is 2.95. The second kappa shape index (κ2) is 6.32. The van der Waals surface area contributed by atoms with Crippen molar-refractivity contribution in [2.75, 3.05) is 13.1 Å². The maximum Gasteiger partial charge on any atom is 0.123 e. The van der Waals surface area contributed by atoms with Gasteiger partial charge in [0.15, 0.2) is 0 Å². The molecule has 24 heavy (non-hydrogen) atoms. The Morgan fingerprint density at radius 2 is 1.88 bits per heavy atom. The molecule has 0 atom stereocenters. The molecule has 1 aliphatic rings. The third-order valence-corrected chi connectivity index (χ3v) is 5.07. The van der Waals surface area contributed by atoms with Crippen molar-refractivity contribution in [3.63, 3.8) is 0 Å². The van der Waals surface area contributed by atoms with Gasteiger partial charge in [-0.3, -0.25) is 9.88 Å². The zero-order chi connectivity index (χ0) is 16.5. The molecule has 4 rings (SSSR count). The highest BCUT2D eigenvalue weighted by molar-refractivity contribution is 5.74. The molecule has 0 unspecified atom stereocenters. The van der Waals surface area contributed by atoms with E-state index in [0.717, 1.165) is 49.3 Å². The molecule has 0 radical (unpaired) electrons. The summed E-state index contributed by atoms with van der Waals surface area (Å²) in [6, 6.07) is 8.94. The lowest BCUT2D eigenvalue weighted by Gasteiger charge is -2.31. The zero-order valence-electron chi connectivity index (χ0n) is 13.8. The highest BCUT2D eigenvalue weighted by Crippen LogP contribution is 2.28. The second-order valence-electron chi connectivity index (χ2n) is 6.55. The smallest absolute Gasteiger partial charge is 0.123 e. The van der Waals surface area contributed by atoms with E-state index < -0.39 is 0 Å². The largest absolute Gasteiger partial charge is 0.329 e. The van der Waals surface area contributed by atoms with Crippen molar-refractivity contribution in [1.29, 1.82) is 0 Å². The summed E-state index contributed by atoms with van der Waals surface area (Å²) in [4.78, 5) is 11.4. The van der Waals surface area contributed by atoms with Gasteiger partial charge in [-0.25, -0.2) is 9.37 Å². The summed E-state index contributed by atoms with van der Waals surface area (Å²) in [7, 11) is 2.05. The minimum absolute atomic E-state index is 0.160. The molecule has 0 aliphatic carbocycles. The molecule has 0 N–H and O–H groups in total. The van der Waals surface area contributed by atoms with Gasteiger partial charge < -0.3 is 4.57 Å². The van der Waals surface area contributed by atoms with Crippen LogP contribution in [-0.2, 0) is 13.6 Å². The van der Waals surface area contributed by atoms with Crippen LogP contribution < -0.4 is 0 Å². The Kier molecular flexibility index (Phi) is 4.02. The Morgan fingerprint density at radius 1 is 1.12 bits per heavy atom.